The van der Waals surface area contributed by atoms with E-state index in [1.54, 1.807) is 48.7 Å². The highest BCUT2D eigenvalue weighted by molar-refractivity contribution is 7.11. The van der Waals surface area contributed by atoms with E-state index in [1.165, 1.54) is 23.1 Å². The molecule has 0 atom stereocenters. The Bertz CT molecular complexity index is 1380. The number of benzene rings is 2. The van der Waals surface area contributed by atoms with Gasteiger partial charge in [0.05, 0.1) is 25.7 Å². The van der Waals surface area contributed by atoms with Crippen LogP contribution in [0.5, 0.6) is 11.5 Å². The molecule has 2 amide bonds. The topological polar surface area (TPSA) is 102 Å². The molecule has 0 saturated heterocycles. The second-order valence-corrected chi connectivity index (χ2v) is 11.0. The van der Waals surface area contributed by atoms with E-state index in [4.69, 9.17) is 9.47 Å². The Morgan fingerprint density at radius 2 is 1.77 bits per heavy atom. The SMILES string of the molecule is COc1ccc(CCN(Cc2ccc(C)s2)C(=O)CN(C(=O)C=Cc2ccc([N+](=O)[O-])cc2)C2CC2)cc1OC. The molecule has 1 aliphatic carbocycles. The number of ether oxygens (including phenoxy) is 2. The van der Waals surface area contributed by atoms with Gasteiger partial charge in [-0.15, -0.1) is 11.3 Å². The van der Waals surface area contributed by atoms with Crippen molar-refractivity contribution in [1.82, 2.24) is 9.80 Å². The monoisotopic (exact) mass is 563 g/mol. The number of hydrogen-bond acceptors (Lipinski definition) is 7. The molecule has 0 aliphatic heterocycles. The van der Waals surface area contributed by atoms with Crippen molar-refractivity contribution in [3.63, 3.8) is 0 Å². The average molecular weight is 564 g/mol. The predicted octanol–water partition coefficient (Wildman–Crippen LogP) is 5.26. The smallest absolute Gasteiger partial charge is 0.269 e. The standard InChI is InChI=1S/C30H33N3O6S/c1-21-4-13-26(40-21)19-31(17-16-23-7-14-27(38-2)28(18-23)39-3)30(35)20-32(24-11-12-24)29(34)15-8-22-5-9-25(10-6-22)33(36)37/h4-10,13-15,18,24H,11-12,16-17,19-20H2,1-3H3. The van der Waals surface area contributed by atoms with Gasteiger partial charge in [-0.3, -0.25) is 19.7 Å². The number of non-ortho nitro benzene ring substituents is 1. The molecule has 4 rings (SSSR count). The van der Waals surface area contributed by atoms with Gasteiger partial charge in [-0.1, -0.05) is 6.07 Å². The van der Waals surface area contributed by atoms with Gasteiger partial charge in [-0.25, -0.2) is 0 Å². The minimum absolute atomic E-state index is 0.00953. The Labute approximate surface area is 237 Å². The molecule has 2 aromatic carbocycles. The summed E-state index contributed by atoms with van der Waals surface area (Å²) < 4.78 is 10.8. The second kappa shape index (κ2) is 13.3. The van der Waals surface area contributed by atoms with Crippen molar-refractivity contribution in [2.75, 3.05) is 27.3 Å². The Morgan fingerprint density at radius 1 is 1.05 bits per heavy atom. The molecule has 1 fully saturated rings. The fraction of sp³-hybridized carbons (Fsp3) is 0.333. The van der Waals surface area contributed by atoms with Crippen LogP contribution in [0.3, 0.4) is 0 Å². The average Bonchev–Trinajstić information content (AvgIpc) is 3.72. The molecule has 3 aromatic rings. The van der Waals surface area contributed by atoms with Crippen LogP contribution in [0.2, 0.25) is 0 Å². The number of methoxy groups -OCH3 is 2. The molecule has 210 valence electrons. The van der Waals surface area contributed by atoms with Crippen molar-refractivity contribution in [2.45, 2.75) is 38.8 Å². The third kappa shape index (κ3) is 7.69. The highest BCUT2D eigenvalue weighted by Crippen LogP contribution is 2.29. The van der Waals surface area contributed by atoms with Gasteiger partial charge in [-0.2, -0.15) is 0 Å². The van der Waals surface area contributed by atoms with Gasteiger partial charge in [0.25, 0.3) is 5.69 Å². The summed E-state index contributed by atoms with van der Waals surface area (Å²) in [6.07, 6.45) is 5.40. The van der Waals surface area contributed by atoms with Gasteiger partial charge in [-0.05, 0) is 79.8 Å². The predicted molar refractivity (Wildman–Crippen MR) is 155 cm³/mol. The van der Waals surface area contributed by atoms with Gasteiger partial charge in [0.15, 0.2) is 11.5 Å². The van der Waals surface area contributed by atoms with E-state index in [9.17, 15) is 19.7 Å². The summed E-state index contributed by atoms with van der Waals surface area (Å²) in [6, 6.07) is 15.8. The maximum absolute atomic E-state index is 13.6. The molecule has 40 heavy (non-hydrogen) atoms. The number of aryl methyl sites for hydroxylation is 1. The number of carbonyl (C=O) groups excluding carboxylic acids is 2. The summed E-state index contributed by atoms with van der Waals surface area (Å²) in [7, 11) is 3.19. The highest BCUT2D eigenvalue weighted by atomic mass is 32.1. The number of nitrogens with zero attached hydrogens (tertiary/aromatic N) is 3. The number of rotatable bonds is 13. The first kappa shape index (κ1) is 28.8. The van der Waals surface area contributed by atoms with Crippen LogP contribution in [0.1, 0.15) is 33.7 Å². The second-order valence-electron chi connectivity index (χ2n) is 9.65. The zero-order valence-corrected chi connectivity index (χ0v) is 23.7. The van der Waals surface area contributed by atoms with Crippen LogP contribution in [0, 0.1) is 17.0 Å². The lowest BCUT2D eigenvalue weighted by Crippen LogP contribution is -2.43. The summed E-state index contributed by atoms with van der Waals surface area (Å²) in [5.74, 6) is 0.919. The lowest BCUT2D eigenvalue weighted by molar-refractivity contribution is -0.384. The van der Waals surface area contributed by atoms with Crippen molar-refractivity contribution in [1.29, 1.82) is 0 Å². The number of nitro groups is 1. The van der Waals surface area contributed by atoms with Crippen molar-refractivity contribution >= 4 is 34.9 Å². The first-order valence-electron chi connectivity index (χ1n) is 13.0. The van der Waals surface area contributed by atoms with E-state index in [-0.39, 0.29) is 30.1 Å². The van der Waals surface area contributed by atoms with E-state index in [0.29, 0.717) is 36.6 Å². The summed E-state index contributed by atoms with van der Waals surface area (Å²) in [6.45, 7) is 2.98. The molecule has 1 aromatic heterocycles. The van der Waals surface area contributed by atoms with Gasteiger partial charge in [0.2, 0.25) is 11.8 Å². The molecule has 0 radical (unpaired) electrons. The lowest BCUT2D eigenvalue weighted by Gasteiger charge is -2.27. The first-order valence-corrected chi connectivity index (χ1v) is 13.9. The summed E-state index contributed by atoms with van der Waals surface area (Å²) in [5.41, 5.74) is 1.67. The maximum Gasteiger partial charge on any atom is 0.269 e. The van der Waals surface area contributed by atoms with Crippen LogP contribution >= 0.6 is 11.3 Å². The molecule has 10 heteroatoms. The van der Waals surface area contributed by atoms with Gasteiger partial charge < -0.3 is 19.3 Å². The van der Waals surface area contributed by atoms with Crippen molar-refractivity contribution in [2.24, 2.45) is 0 Å². The number of carbonyl (C=O) groups is 2. The minimum atomic E-state index is -0.465. The molecular weight excluding hydrogens is 530 g/mol. The normalized spacial score (nSPS) is 12.8. The van der Waals surface area contributed by atoms with E-state index < -0.39 is 4.92 Å². The van der Waals surface area contributed by atoms with Gasteiger partial charge >= 0.3 is 0 Å². The van der Waals surface area contributed by atoms with Crippen LogP contribution in [-0.2, 0) is 22.6 Å². The Balaban J connectivity index is 1.46. The molecule has 9 nitrogen and oxygen atoms in total. The Morgan fingerprint density at radius 3 is 2.38 bits per heavy atom. The van der Waals surface area contributed by atoms with Crippen LogP contribution in [-0.4, -0.2) is 59.9 Å². The molecule has 0 bridgehead atoms. The molecule has 1 aliphatic rings. The number of amides is 2. The van der Waals surface area contributed by atoms with Crippen molar-refractivity contribution in [3.8, 4) is 11.5 Å². The van der Waals surface area contributed by atoms with Crippen LogP contribution < -0.4 is 9.47 Å². The van der Waals surface area contributed by atoms with Gasteiger partial charge in [0.1, 0.15) is 6.54 Å². The summed E-state index contributed by atoms with van der Waals surface area (Å²) in [4.78, 5) is 42.9. The highest BCUT2D eigenvalue weighted by Gasteiger charge is 2.34. The zero-order chi connectivity index (χ0) is 28.6. The quantitative estimate of drug-likeness (QED) is 0.160. The van der Waals surface area contributed by atoms with Gasteiger partial charge in [0, 0.05) is 40.5 Å². The maximum atomic E-state index is 13.6. The molecule has 1 saturated carbocycles. The van der Waals surface area contributed by atoms with E-state index in [2.05, 4.69) is 0 Å². The number of hydrogen-bond donors (Lipinski definition) is 0. The Hall–Kier alpha value is -4.18. The third-order valence-electron chi connectivity index (χ3n) is 6.71. The lowest BCUT2D eigenvalue weighted by atomic mass is 10.1. The molecular formula is C30H33N3O6S. The van der Waals surface area contributed by atoms with Crippen LogP contribution in [0.4, 0.5) is 5.69 Å². The molecule has 0 spiro atoms. The Kier molecular flexibility index (Phi) is 9.55. The number of nitro benzene ring substituents is 1. The molecule has 0 N–H and O–H groups in total. The van der Waals surface area contributed by atoms with Crippen molar-refractivity contribution < 1.29 is 24.0 Å². The van der Waals surface area contributed by atoms with Crippen molar-refractivity contribution in [3.05, 3.63) is 91.7 Å². The fourth-order valence-electron chi connectivity index (χ4n) is 4.34. The van der Waals surface area contributed by atoms with E-state index >= 15 is 0 Å². The first-order chi connectivity index (χ1) is 19.3. The van der Waals surface area contributed by atoms with Crippen LogP contribution in [0.15, 0.2) is 60.7 Å². The summed E-state index contributed by atoms with van der Waals surface area (Å²) in [5, 5.41) is 10.9. The van der Waals surface area contributed by atoms with E-state index in [1.807, 2.05) is 42.2 Å². The zero-order valence-electron chi connectivity index (χ0n) is 22.9. The minimum Gasteiger partial charge on any atom is -0.493 e. The molecule has 1 heterocycles. The third-order valence-corrected chi connectivity index (χ3v) is 7.70. The van der Waals surface area contributed by atoms with E-state index in [0.717, 1.165) is 23.3 Å². The summed E-state index contributed by atoms with van der Waals surface area (Å²) >= 11 is 1.65. The molecule has 0 unspecified atom stereocenters. The number of thiophene rings is 1. The van der Waals surface area contributed by atoms with Crippen LogP contribution in [0.25, 0.3) is 6.08 Å². The fourth-order valence-corrected chi connectivity index (χ4v) is 5.25. The largest absolute Gasteiger partial charge is 0.493 e.